The lowest BCUT2D eigenvalue weighted by Crippen LogP contribution is -2.47. The lowest BCUT2D eigenvalue weighted by Gasteiger charge is -2.28. The Balaban J connectivity index is 2.19. The van der Waals surface area contributed by atoms with Crippen LogP contribution in [0.4, 0.5) is 5.69 Å². The first-order valence-electron chi connectivity index (χ1n) is 9.33. The Kier molecular flexibility index (Phi) is 7.86. The van der Waals surface area contributed by atoms with Crippen LogP contribution in [0.2, 0.25) is 0 Å². The monoisotopic (exact) mass is 421 g/mol. The Labute approximate surface area is 171 Å². The van der Waals surface area contributed by atoms with E-state index in [4.69, 9.17) is 5.73 Å². The molecule has 0 unspecified atom stereocenters. The van der Waals surface area contributed by atoms with Crippen molar-refractivity contribution in [1.82, 2.24) is 4.31 Å². The average Bonchev–Trinajstić information content (AvgIpc) is 2.67. The van der Waals surface area contributed by atoms with Crippen LogP contribution in [0.3, 0.4) is 0 Å². The van der Waals surface area contributed by atoms with Gasteiger partial charge in [0.25, 0.3) is 5.69 Å². The van der Waals surface area contributed by atoms with Crippen LogP contribution in [0.1, 0.15) is 19.4 Å². The normalized spacial score (nSPS) is 14.1. The van der Waals surface area contributed by atoms with E-state index < -0.39 is 27.1 Å². The van der Waals surface area contributed by atoms with Crippen molar-refractivity contribution >= 4 is 15.7 Å². The van der Waals surface area contributed by atoms with Crippen LogP contribution >= 0.6 is 0 Å². The third kappa shape index (κ3) is 6.33. The summed E-state index contributed by atoms with van der Waals surface area (Å²) in [6, 6.07) is 13.5. The first-order valence-corrected chi connectivity index (χ1v) is 10.8. The molecule has 9 heteroatoms. The summed E-state index contributed by atoms with van der Waals surface area (Å²) < 4.78 is 27.3. The van der Waals surface area contributed by atoms with E-state index in [1.54, 1.807) is 0 Å². The SMILES string of the molecule is CC(C)CN(C[C@H](O)[C@H](N)Cc1ccccc1)S(=O)(=O)c1ccc([N+](=O)[O-])cc1. The summed E-state index contributed by atoms with van der Waals surface area (Å²) in [7, 11) is -3.94. The Hall–Kier alpha value is -2.33. The van der Waals surface area contributed by atoms with Gasteiger partial charge in [-0.1, -0.05) is 44.2 Å². The maximum absolute atomic E-state index is 13.1. The minimum atomic E-state index is -3.94. The van der Waals surface area contributed by atoms with Crippen molar-refractivity contribution < 1.29 is 18.4 Å². The standard InChI is InChI=1S/C20H27N3O5S/c1-15(2)13-22(14-20(24)19(21)12-16-6-4-3-5-7-16)29(27,28)18-10-8-17(9-11-18)23(25)26/h3-11,15,19-20,24H,12-14,21H2,1-2H3/t19-,20+/m1/s1. The number of sulfonamides is 1. The summed E-state index contributed by atoms with van der Waals surface area (Å²) in [5.41, 5.74) is 6.88. The molecule has 0 heterocycles. The van der Waals surface area contributed by atoms with Gasteiger partial charge < -0.3 is 10.8 Å². The quantitative estimate of drug-likeness (QED) is 0.447. The van der Waals surface area contributed by atoms with E-state index in [9.17, 15) is 23.6 Å². The number of benzene rings is 2. The molecule has 0 bridgehead atoms. The molecule has 8 nitrogen and oxygen atoms in total. The smallest absolute Gasteiger partial charge is 0.269 e. The molecular weight excluding hydrogens is 394 g/mol. The van der Waals surface area contributed by atoms with E-state index in [1.165, 1.54) is 16.4 Å². The van der Waals surface area contributed by atoms with E-state index in [1.807, 2.05) is 44.2 Å². The summed E-state index contributed by atoms with van der Waals surface area (Å²) in [5, 5.41) is 21.4. The number of hydrogen-bond acceptors (Lipinski definition) is 6. The fourth-order valence-corrected chi connectivity index (χ4v) is 4.55. The number of aliphatic hydroxyl groups is 1. The Bertz CT molecular complexity index is 901. The van der Waals surface area contributed by atoms with Crippen LogP contribution in [0.5, 0.6) is 0 Å². The molecule has 0 amide bonds. The first kappa shape index (κ1) is 23.0. The number of rotatable bonds is 10. The van der Waals surface area contributed by atoms with Crippen LogP contribution in [-0.4, -0.2) is 48.0 Å². The zero-order valence-corrected chi connectivity index (χ0v) is 17.3. The molecular formula is C20H27N3O5S. The Morgan fingerprint density at radius 3 is 2.17 bits per heavy atom. The topological polar surface area (TPSA) is 127 Å². The number of nitrogens with two attached hydrogens (primary N) is 1. The third-order valence-electron chi connectivity index (χ3n) is 4.45. The van der Waals surface area contributed by atoms with Crippen molar-refractivity contribution in [2.45, 2.75) is 37.3 Å². The predicted molar refractivity (Wildman–Crippen MR) is 111 cm³/mol. The van der Waals surface area contributed by atoms with E-state index in [0.717, 1.165) is 17.7 Å². The van der Waals surface area contributed by atoms with Gasteiger partial charge in [0.1, 0.15) is 0 Å². The number of non-ortho nitro benzene ring substituents is 1. The number of aliphatic hydroxyl groups excluding tert-OH is 1. The lowest BCUT2D eigenvalue weighted by molar-refractivity contribution is -0.384. The molecule has 0 aromatic heterocycles. The van der Waals surface area contributed by atoms with Gasteiger partial charge in [0.2, 0.25) is 10.0 Å². The molecule has 0 aliphatic heterocycles. The average molecular weight is 422 g/mol. The number of nitro benzene ring substituents is 1. The van der Waals surface area contributed by atoms with Crippen LogP contribution in [0.15, 0.2) is 59.5 Å². The molecule has 2 atom stereocenters. The van der Waals surface area contributed by atoms with Gasteiger partial charge in [-0.15, -0.1) is 0 Å². The Morgan fingerprint density at radius 1 is 1.07 bits per heavy atom. The van der Waals surface area contributed by atoms with Crippen molar-refractivity contribution in [3.8, 4) is 0 Å². The number of nitrogens with zero attached hydrogens (tertiary/aromatic N) is 2. The molecule has 158 valence electrons. The van der Waals surface area contributed by atoms with Gasteiger partial charge >= 0.3 is 0 Å². The van der Waals surface area contributed by atoms with Gasteiger partial charge in [-0.25, -0.2) is 8.42 Å². The fourth-order valence-electron chi connectivity index (χ4n) is 2.93. The summed E-state index contributed by atoms with van der Waals surface area (Å²) in [5.74, 6) is 0.0142. The minimum Gasteiger partial charge on any atom is -0.390 e. The molecule has 0 saturated heterocycles. The largest absolute Gasteiger partial charge is 0.390 e. The highest BCUT2D eigenvalue weighted by atomic mass is 32.2. The van der Waals surface area contributed by atoms with E-state index >= 15 is 0 Å². The van der Waals surface area contributed by atoms with Gasteiger partial charge in [0.15, 0.2) is 0 Å². The second-order valence-corrected chi connectivity index (χ2v) is 9.33. The second kappa shape index (κ2) is 9.93. The van der Waals surface area contributed by atoms with Gasteiger partial charge in [0, 0.05) is 31.3 Å². The van der Waals surface area contributed by atoms with E-state index in [2.05, 4.69) is 0 Å². The van der Waals surface area contributed by atoms with Crippen LogP contribution in [0, 0.1) is 16.0 Å². The minimum absolute atomic E-state index is 0.0142. The third-order valence-corrected chi connectivity index (χ3v) is 6.30. The fraction of sp³-hybridized carbons (Fsp3) is 0.400. The molecule has 2 aromatic rings. The first-order chi connectivity index (χ1) is 13.6. The van der Waals surface area contributed by atoms with Gasteiger partial charge in [-0.3, -0.25) is 10.1 Å². The predicted octanol–water partition coefficient (Wildman–Crippen LogP) is 2.17. The van der Waals surface area contributed by atoms with Crippen molar-refractivity contribution in [2.24, 2.45) is 11.7 Å². The molecule has 0 spiro atoms. The van der Waals surface area contributed by atoms with Gasteiger partial charge in [-0.05, 0) is 30.0 Å². The summed E-state index contributed by atoms with van der Waals surface area (Å²) in [4.78, 5) is 10.2. The van der Waals surface area contributed by atoms with Crippen molar-refractivity contribution in [2.75, 3.05) is 13.1 Å². The maximum Gasteiger partial charge on any atom is 0.269 e. The van der Waals surface area contributed by atoms with Gasteiger partial charge in [0.05, 0.1) is 15.9 Å². The molecule has 2 rings (SSSR count). The molecule has 0 fully saturated rings. The molecule has 0 radical (unpaired) electrons. The highest BCUT2D eigenvalue weighted by molar-refractivity contribution is 7.89. The molecule has 2 aromatic carbocycles. The highest BCUT2D eigenvalue weighted by Gasteiger charge is 2.29. The van der Waals surface area contributed by atoms with Crippen molar-refractivity contribution in [3.63, 3.8) is 0 Å². The molecule has 3 N–H and O–H groups in total. The highest BCUT2D eigenvalue weighted by Crippen LogP contribution is 2.21. The zero-order chi connectivity index (χ0) is 21.6. The summed E-state index contributed by atoms with van der Waals surface area (Å²) in [6.07, 6.45) is -0.656. The van der Waals surface area contributed by atoms with E-state index in [0.29, 0.717) is 6.42 Å². The summed E-state index contributed by atoms with van der Waals surface area (Å²) in [6.45, 7) is 3.77. The van der Waals surface area contributed by atoms with Crippen LogP contribution in [0.25, 0.3) is 0 Å². The van der Waals surface area contributed by atoms with Gasteiger partial charge in [-0.2, -0.15) is 4.31 Å². The summed E-state index contributed by atoms with van der Waals surface area (Å²) >= 11 is 0. The van der Waals surface area contributed by atoms with Crippen LogP contribution < -0.4 is 5.73 Å². The lowest BCUT2D eigenvalue weighted by atomic mass is 10.0. The number of hydrogen-bond donors (Lipinski definition) is 2. The Morgan fingerprint density at radius 2 is 1.66 bits per heavy atom. The molecule has 0 aliphatic carbocycles. The second-order valence-electron chi connectivity index (χ2n) is 7.39. The molecule has 0 saturated carbocycles. The zero-order valence-electron chi connectivity index (χ0n) is 16.5. The molecule has 29 heavy (non-hydrogen) atoms. The maximum atomic E-state index is 13.1. The number of nitro groups is 1. The van der Waals surface area contributed by atoms with E-state index in [-0.39, 0.29) is 29.6 Å². The van der Waals surface area contributed by atoms with Crippen LogP contribution in [-0.2, 0) is 16.4 Å². The van der Waals surface area contributed by atoms with Crippen molar-refractivity contribution in [3.05, 3.63) is 70.3 Å². The molecule has 0 aliphatic rings. The van der Waals surface area contributed by atoms with Crippen molar-refractivity contribution in [1.29, 1.82) is 0 Å².